The summed E-state index contributed by atoms with van der Waals surface area (Å²) in [6.07, 6.45) is 84.2. The SMILES string of the molecule is CC/C=C\C/C=C\C/C=C\C/C=C\C/C=C\CCCCCCCCCCCCCCCCCCCCCCCCCCCC(=O)NC(COC1OC(CO)C(O)C(O)C1O)C(O)/C=C/CC/C=C/CCCCCCCCCCCCCCCC. The van der Waals surface area contributed by atoms with Crippen LogP contribution < -0.4 is 5.32 Å². The molecule has 9 nitrogen and oxygen atoms in total. The Bertz CT molecular complexity index is 1600. The first-order valence-electron chi connectivity index (χ1n) is 35.8. The minimum Gasteiger partial charge on any atom is -0.394 e. The molecule has 488 valence electrons. The van der Waals surface area contributed by atoms with E-state index in [0.717, 1.165) is 70.6 Å². The van der Waals surface area contributed by atoms with Crippen LogP contribution >= 0.6 is 0 Å². The van der Waals surface area contributed by atoms with E-state index in [0.29, 0.717) is 6.42 Å². The van der Waals surface area contributed by atoms with E-state index in [9.17, 15) is 30.3 Å². The number of amides is 1. The molecule has 0 spiro atoms. The first-order valence-corrected chi connectivity index (χ1v) is 35.8. The van der Waals surface area contributed by atoms with E-state index in [1.54, 1.807) is 6.08 Å². The van der Waals surface area contributed by atoms with Gasteiger partial charge in [-0.3, -0.25) is 4.79 Å². The number of rotatable bonds is 62. The van der Waals surface area contributed by atoms with Crippen LogP contribution in [0.1, 0.15) is 328 Å². The van der Waals surface area contributed by atoms with Crippen molar-refractivity contribution in [1.29, 1.82) is 0 Å². The molecular weight excluding hydrogens is 1040 g/mol. The van der Waals surface area contributed by atoms with Gasteiger partial charge in [0.05, 0.1) is 25.4 Å². The van der Waals surface area contributed by atoms with Gasteiger partial charge in [0, 0.05) is 6.42 Å². The van der Waals surface area contributed by atoms with E-state index in [1.165, 1.54) is 238 Å². The summed E-state index contributed by atoms with van der Waals surface area (Å²) < 4.78 is 11.3. The van der Waals surface area contributed by atoms with Gasteiger partial charge >= 0.3 is 0 Å². The molecule has 0 radical (unpaired) electrons. The summed E-state index contributed by atoms with van der Waals surface area (Å²) >= 11 is 0. The second kappa shape index (κ2) is 63.4. The summed E-state index contributed by atoms with van der Waals surface area (Å²) in [5.74, 6) is -0.182. The molecule has 1 saturated heterocycles. The molecule has 1 fully saturated rings. The predicted octanol–water partition coefficient (Wildman–Crippen LogP) is 19.7. The highest BCUT2D eigenvalue weighted by Crippen LogP contribution is 2.23. The molecule has 1 aliphatic rings. The molecule has 9 heteroatoms. The summed E-state index contributed by atoms with van der Waals surface area (Å²) in [7, 11) is 0. The summed E-state index contributed by atoms with van der Waals surface area (Å²) in [4.78, 5) is 13.1. The molecule has 1 rings (SSSR count). The molecule has 1 amide bonds. The van der Waals surface area contributed by atoms with Gasteiger partial charge in [0.2, 0.25) is 5.91 Å². The molecule has 84 heavy (non-hydrogen) atoms. The largest absolute Gasteiger partial charge is 0.394 e. The van der Waals surface area contributed by atoms with Crippen molar-refractivity contribution in [2.75, 3.05) is 13.2 Å². The number of nitrogens with one attached hydrogen (secondary N) is 1. The fourth-order valence-corrected chi connectivity index (χ4v) is 11.1. The van der Waals surface area contributed by atoms with Crippen LogP contribution in [0, 0.1) is 0 Å². The van der Waals surface area contributed by atoms with Crippen molar-refractivity contribution in [2.45, 2.75) is 371 Å². The fourth-order valence-electron chi connectivity index (χ4n) is 11.1. The third-order valence-corrected chi connectivity index (χ3v) is 16.7. The molecule has 6 N–H and O–H groups in total. The Morgan fingerprint density at radius 3 is 1.14 bits per heavy atom. The van der Waals surface area contributed by atoms with Gasteiger partial charge < -0.3 is 40.3 Å². The van der Waals surface area contributed by atoms with Crippen LogP contribution in [0.2, 0.25) is 0 Å². The number of aliphatic hydroxyl groups is 5. The van der Waals surface area contributed by atoms with Crippen LogP contribution in [0.5, 0.6) is 0 Å². The molecule has 0 aromatic rings. The van der Waals surface area contributed by atoms with Crippen molar-refractivity contribution < 1.29 is 39.8 Å². The number of hydrogen-bond acceptors (Lipinski definition) is 8. The quantitative estimate of drug-likeness (QED) is 0.0261. The lowest BCUT2D eigenvalue weighted by atomic mass is 9.99. The van der Waals surface area contributed by atoms with E-state index in [4.69, 9.17) is 9.47 Å². The zero-order chi connectivity index (χ0) is 60.7. The highest BCUT2D eigenvalue weighted by molar-refractivity contribution is 5.76. The smallest absolute Gasteiger partial charge is 0.220 e. The Kier molecular flexibility index (Phi) is 59.9. The van der Waals surface area contributed by atoms with Gasteiger partial charge in [0.1, 0.15) is 24.4 Å². The Labute approximate surface area is 518 Å². The third kappa shape index (κ3) is 51.4. The van der Waals surface area contributed by atoms with E-state index in [2.05, 4.69) is 92.1 Å². The second-order valence-electron chi connectivity index (χ2n) is 24.6. The van der Waals surface area contributed by atoms with Crippen LogP contribution in [-0.2, 0) is 14.3 Å². The monoisotopic (exact) mass is 1180 g/mol. The lowest BCUT2D eigenvalue weighted by Crippen LogP contribution is -2.60. The summed E-state index contributed by atoms with van der Waals surface area (Å²) in [5, 5.41) is 54.7. The van der Waals surface area contributed by atoms with Crippen molar-refractivity contribution in [3.05, 3.63) is 85.1 Å². The maximum atomic E-state index is 13.1. The molecule has 7 unspecified atom stereocenters. The van der Waals surface area contributed by atoms with Gasteiger partial charge in [-0.05, 0) is 77.0 Å². The van der Waals surface area contributed by atoms with E-state index in [-0.39, 0.29) is 12.5 Å². The second-order valence-corrected chi connectivity index (χ2v) is 24.6. The van der Waals surface area contributed by atoms with E-state index >= 15 is 0 Å². The number of hydrogen-bond donors (Lipinski definition) is 6. The molecule has 0 bridgehead atoms. The zero-order valence-electron chi connectivity index (χ0n) is 54.6. The fraction of sp³-hybridized carbons (Fsp3) is 0.800. The van der Waals surface area contributed by atoms with Crippen molar-refractivity contribution in [3.63, 3.8) is 0 Å². The Morgan fingerprint density at radius 2 is 0.750 bits per heavy atom. The van der Waals surface area contributed by atoms with Crippen LogP contribution in [-0.4, -0.2) is 87.5 Å². The maximum absolute atomic E-state index is 13.1. The van der Waals surface area contributed by atoms with Crippen LogP contribution in [0.25, 0.3) is 0 Å². The predicted molar refractivity (Wildman–Crippen MR) is 359 cm³/mol. The van der Waals surface area contributed by atoms with Gasteiger partial charge in [-0.15, -0.1) is 0 Å². The number of carbonyl (C=O) groups is 1. The average molecular weight is 1180 g/mol. The molecular formula is C75H135NO8. The van der Waals surface area contributed by atoms with Crippen molar-refractivity contribution in [3.8, 4) is 0 Å². The van der Waals surface area contributed by atoms with Crippen molar-refractivity contribution in [2.24, 2.45) is 0 Å². The third-order valence-electron chi connectivity index (χ3n) is 16.7. The van der Waals surface area contributed by atoms with Crippen molar-refractivity contribution in [1.82, 2.24) is 5.32 Å². The highest BCUT2D eigenvalue weighted by Gasteiger charge is 2.44. The van der Waals surface area contributed by atoms with Crippen molar-refractivity contribution >= 4 is 5.91 Å². The summed E-state index contributed by atoms with van der Waals surface area (Å²) in [6, 6.07) is -0.824. The number of ether oxygens (including phenoxy) is 2. The zero-order valence-corrected chi connectivity index (χ0v) is 54.6. The topological polar surface area (TPSA) is 149 Å². The summed E-state index contributed by atoms with van der Waals surface area (Å²) in [5.41, 5.74) is 0. The molecule has 1 heterocycles. The normalized spacial score (nSPS) is 18.7. The molecule has 0 aliphatic carbocycles. The average Bonchev–Trinajstić information content (AvgIpc) is 3.70. The molecule has 1 aliphatic heterocycles. The van der Waals surface area contributed by atoms with Gasteiger partial charge in [-0.1, -0.05) is 330 Å². The molecule has 0 saturated carbocycles. The standard InChI is InChI=1S/C75H135NO8/c1-3-5-7-9-11-13-15-17-19-21-23-25-26-27-28-29-30-31-32-33-34-35-36-37-38-39-40-41-42-43-44-45-47-49-51-53-55-57-59-61-63-65-71(79)76-68(67-83-75-74(82)73(81)72(80)70(66-77)84-75)69(78)64-62-60-58-56-54-52-50-48-46-24-22-20-18-16-14-12-10-8-6-4-2/h5,7,11,13,17,19,23,25,27-28,54,56,62,64,68-70,72-75,77-78,80-82H,3-4,6,8-10,12,14-16,18,20-22,24,26,29-53,55,57-61,63,65-67H2,1-2H3,(H,76,79)/b7-5-,13-11-,19-17-,25-23-,28-27-,56-54+,64-62+. The number of carbonyl (C=O) groups excluding carboxylic acids is 1. The van der Waals surface area contributed by atoms with Crippen LogP contribution in [0.4, 0.5) is 0 Å². The van der Waals surface area contributed by atoms with Crippen LogP contribution in [0.15, 0.2) is 85.1 Å². The van der Waals surface area contributed by atoms with E-state index in [1.807, 2.05) is 6.08 Å². The number of unbranched alkanes of at least 4 members (excludes halogenated alkanes) is 40. The molecule has 0 aromatic heterocycles. The van der Waals surface area contributed by atoms with Gasteiger partial charge in [-0.25, -0.2) is 0 Å². The summed E-state index contributed by atoms with van der Waals surface area (Å²) in [6.45, 7) is 3.68. The first kappa shape index (κ1) is 79.4. The molecule has 7 atom stereocenters. The van der Waals surface area contributed by atoms with Crippen LogP contribution in [0.3, 0.4) is 0 Å². The Hall–Kier alpha value is -2.63. The highest BCUT2D eigenvalue weighted by atomic mass is 16.7. The van der Waals surface area contributed by atoms with Gasteiger partial charge in [0.25, 0.3) is 0 Å². The maximum Gasteiger partial charge on any atom is 0.220 e. The Balaban J connectivity index is 2.06. The molecule has 0 aromatic carbocycles. The number of allylic oxidation sites excluding steroid dienone is 13. The lowest BCUT2D eigenvalue weighted by Gasteiger charge is -2.40. The van der Waals surface area contributed by atoms with Gasteiger partial charge in [-0.2, -0.15) is 0 Å². The minimum absolute atomic E-state index is 0.182. The van der Waals surface area contributed by atoms with E-state index < -0.39 is 49.5 Å². The van der Waals surface area contributed by atoms with Gasteiger partial charge in [0.15, 0.2) is 6.29 Å². The Morgan fingerprint density at radius 1 is 0.417 bits per heavy atom. The first-order chi connectivity index (χ1) is 41.3. The minimum atomic E-state index is -1.57. The number of aliphatic hydroxyl groups excluding tert-OH is 5. The lowest BCUT2D eigenvalue weighted by molar-refractivity contribution is -0.302.